The molecule has 0 spiro atoms. The number of nitrogens with zero attached hydrogens (tertiary/aromatic N) is 4. The lowest BCUT2D eigenvalue weighted by Crippen LogP contribution is -2.43. The molecule has 4 N–H and O–H groups in total. The Morgan fingerprint density at radius 1 is 1.40 bits per heavy atom. The third kappa shape index (κ3) is 2.53. The van der Waals surface area contributed by atoms with Crippen molar-refractivity contribution in [3.63, 3.8) is 0 Å². The van der Waals surface area contributed by atoms with E-state index in [1.165, 1.54) is 0 Å². The van der Waals surface area contributed by atoms with Gasteiger partial charge in [-0.2, -0.15) is 5.10 Å². The fourth-order valence-electron chi connectivity index (χ4n) is 2.50. The summed E-state index contributed by atoms with van der Waals surface area (Å²) in [6.07, 6.45) is 0.379. The molecule has 1 aliphatic rings. The van der Waals surface area contributed by atoms with Crippen LogP contribution in [0.4, 0.5) is 5.82 Å². The first-order chi connectivity index (χ1) is 9.45. The Labute approximate surface area is 118 Å². The maximum absolute atomic E-state index is 9.81. The smallest absolute Gasteiger partial charge is 0.174 e. The van der Waals surface area contributed by atoms with Crippen molar-refractivity contribution < 1.29 is 10.3 Å². The lowest BCUT2D eigenvalue weighted by molar-refractivity contribution is 0.0968. The molecule has 0 amide bonds. The van der Waals surface area contributed by atoms with E-state index in [-0.39, 0.29) is 17.9 Å². The fourth-order valence-corrected chi connectivity index (χ4v) is 2.50. The Hall–Kier alpha value is -1.89. The van der Waals surface area contributed by atoms with E-state index in [0.717, 1.165) is 11.3 Å². The average Bonchev–Trinajstić information content (AvgIpc) is 2.44. The highest BCUT2D eigenvalue weighted by Crippen LogP contribution is 2.26. The minimum Gasteiger partial charge on any atom is -0.409 e. The third-order valence-electron chi connectivity index (χ3n) is 3.96. The van der Waals surface area contributed by atoms with Gasteiger partial charge in [0.15, 0.2) is 11.7 Å². The third-order valence-corrected chi connectivity index (χ3v) is 3.96. The normalized spacial score (nSPS) is 24.0. The summed E-state index contributed by atoms with van der Waals surface area (Å²) in [6.45, 7) is 7.05. The second kappa shape index (κ2) is 5.62. The number of hydrogen-bond acceptors (Lipinski definition) is 6. The molecule has 7 nitrogen and oxygen atoms in total. The first-order valence-corrected chi connectivity index (χ1v) is 6.70. The molecule has 1 aromatic rings. The van der Waals surface area contributed by atoms with Crippen molar-refractivity contribution in [3.05, 3.63) is 16.8 Å². The number of hydrogen-bond donors (Lipinski definition) is 3. The van der Waals surface area contributed by atoms with Gasteiger partial charge in [0, 0.05) is 13.1 Å². The average molecular weight is 279 g/mol. The number of aryl methyl sites for hydroxylation is 1. The zero-order chi connectivity index (χ0) is 14.9. The number of piperidine rings is 1. The molecule has 1 fully saturated rings. The first-order valence-electron chi connectivity index (χ1n) is 6.70. The zero-order valence-corrected chi connectivity index (χ0v) is 12.0. The number of aliphatic hydroxyl groups is 1. The van der Waals surface area contributed by atoms with Gasteiger partial charge < -0.3 is 20.9 Å². The molecule has 110 valence electrons. The van der Waals surface area contributed by atoms with Crippen molar-refractivity contribution in [2.45, 2.75) is 33.3 Å². The van der Waals surface area contributed by atoms with Crippen LogP contribution in [0, 0.1) is 19.8 Å². The minimum absolute atomic E-state index is 0.0364. The van der Waals surface area contributed by atoms with Gasteiger partial charge in [-0.1, -0.05) is 12.1 Å². The van der Waals surface area contributed by atoms with Crippen molar-refractivity contribution in [3.8, 4) is 0 Å². The van der Waals surface area contributed by atoms with Gasteiger partial charge in [-0.15, -0.1) is 5.10 Å². The monoisotopic (exact) mass is 279 g/mol. The van der Waals surface area contributed by atoms with E-state index in [1.807, 2.05) is 25.7 Å². The van der Waals surface area contributed by atoms with Crippen LogP contribution in [0.2, 0.25) is 0 Å². The minimum atomic E-state index is -0.293. The second-order valence-electron chi connectivity index (χ2n) is 5.37. The van der Waals surface area contributed by atoms with E-state index in [9.17, 15) is 5.11 Å². The summed E-state index contributed by atoms with van der Waals surface area (Å²) in [6, 6.07) is 0. The quantitative estimate of drug-likeness (QED) is 0.313. The number of aliphatic hydroxyl groups excluding tert-OH is 1. The van der Waals surface area contributed by atoms with Crippen molar-refractivity contribution in [1.82, 2.24) is 10.2 Å². The highest BCUT2D eigenvalue weighted by atomic mass is 16.4. The van der Waals surface area contributed by atoms with Crippen LogP contribution in [0.25, 0.3) is 0 Å². The van der Waals surface area contributed by atoms with Gasteiger partial charge in [0.2, 0.25) is 0 Å². The molecule has 0 aromatic carbocycles. The number of amidine groups is 1. The highest BCUT2D eigenvalue weighted by Gasteiger charge is 2.28. The van der Waals surface area contributed by atoms with Gasteiger partial charge in [-0.05, 0) is 31.7 Å². The lowest BCUT2D eigenvalue weighted by atomic mass is 9.96. The van der Waals surface area contributed by atoms with Crippen LogP contribution in [-0.2, 0) is 0 Å². The summed E-state index contributed by atoms with van der Waals surface area (Å²) in [5.74, 6) is 0.795. The number of anilines is 1. The fraction of sp³-hybridized carbons (Fsp3) is 0.615. The molecule has 2 rings (SSSR count). The van der Waals surface area contributed by atoms with Gasteiger partial charge in [0.25, 0.3) is 0 Å². The largest absolute Gasteiger partial charge is 0.409 e. The molecule has 0 radical (unpaired) electrons. The van der Waals surface area contributed by atoms with Gasteiger partial charge in [-0.25, -0.2) is 0 Å². The van der Waals surface area contributed by atoms with E-state index >= 15 is 0 Å². The Balaban J connectivity index is 2.44. The van der Waals surface area contributed by atoms with Crippen LogP contribution in [0.1, 0.15) is 30.2 Å². The predicted molar refractivity (Wildman–Crippen MR) is 76.0 cm³/mol. The Morgan fingerprint density at radius 3 is 2.70 bits per heavy atom. The molecule has 1 aromatic heterocycles. The molecule has 2 unspecified atom stereocenters. The molecule has 1 aliphatic heterocycles. The van der Waals surface area contributed by atoms with Gasteiger partial charge >= 0.3 is 0 Å². The topological polar surface area (TPSA) is 108 Å². The number of aromatic nitrogens is 2. The molecule has 2 atom stereocenters. The van der Waals surface area contributed by atoms with E-state index in [1.54, 1.807) is 0 Å². The zero-order valence-electron chi connectivity index (χ0n) is 12.0. The molecule has 0 bridgehead atoms. The number of nitrogens with two attached hydrogens (primary N) is 1. The summed E-state index contributed by atoms with van der Waals surface area (Å²) >= 11 is 0. The Kier molecular flexibility index (Phi) is 4.08. The van der Waals surface area contributed by atoms with Crippen LogP contribution < -0.4 is 10.6 Å². The predicted octanol–water partition coefficient (Wildman–Crippen LogP) is 0.395. The van der Waals surface area contributed by atoms with E-state index in [0.29, 0.717) is 30.9 Å². The molecule has 2 heterocycles. The summed E-state index contributed by atoms with van der Waals surface area (Å²) in [4.78, 5) is 2.03. The highest BCUT2D eigenvalue weighted by molar-refractivity contribution is 6.02. The number of oxime groups is 1. The molecular weight excluding hydrogens is 258 g/mol. The summed E-state index contributed by atoms with van der Waals surface area (Å²) in [5.41, 5.74) is 8.01. The summed E-state index contributed by atoms with van der Waals surface area (Å²) < 4.78 is 0. The van der Waals surface area contributed by atoms with Crippen LogP contribution in [0.15, 0.2) is 5.16 Å². The SMILES string of the molecule is Cc1nnc(N2CCC(O)C(C)C2)c(C(N)=NO)c1C. The Bertz CT molecular complexity index is 532. The van der Waals surface area contributed by atoms with Gasteiger partial charge in [0.05, 0.1) is 17.4 Å². The van der Waals surface area contributed by atoms with Crippen molar-refractivity contribution in [2.75, 3.05) is 18.0 Å². The molecule has 7 heteroatoms. The first kappa shape index (κ1) is 14.5. The second-order valence-corrected chi connectivity index (χ2v) is 5.37. The van der Waals surface area contributed by atoms with Crippen LogP contribution in [0.3, 0.4) is 0 Å². The Morgan fingerprint density at radius 2 is 2.10 bits per heavy atom. The van der Waals surface area contributed by atoms with Crippen LogP contribution in [0.5, 0.6) is 0 Å². The van der Waals surface area contributed by atoms with E-state index in [2.05, 4.69) is 15.4 Å². The van der Waals surface area contributed by atoms with Crippen LogP contribution >= 0.6 is 0 Å². The van der Waals surface area contributed by atoms with Gasteiger partial charge in [0.1, 0.15) is 0 Å². The van der Waals surface area contributed by atoms with Crippen molar-refractivity contribution >= 4 is 11.7 Å². The van der Waals surface area contributed by atoms with Crippen molar-refractivity contribution in [1.29, 1.82) is 0 Å². The lowest BCUT2D eigenvalue weighted by Gasteiger charge is -2.35. The summed E-state index contributed by atoms with van der Waals surface area (Å²) in [5, 5.41) is 30.2. The maximum Gasteiger partial charge on any atom is 0.174 e. The molecular formula is C13H21N5O2. The van der Waals surface area contributed by atoms with E-state index in [4.69, 9.17) is 10.9 Å². The molecule has 20 heavy (non-hydrogen) atoms. The number of rotatable bonds is 2. The van der Waals surface area contributed by atoms with E-state index < -0.39 is 0 Å². The molecule has 0 aliphatic carbocycles. The molecule has 1 saturated heterocycles. The van der Waals surface area contributed by atoms with Gasteiger partial charge in [-0.3, -0.25) is 0 Å². The summed E-state index contributed by atoms with van der Waals surface area (Å²) in [7, 11) is 0. The maximum atomic E-state index is 9.81. The van der Waals surface area contributed by atoms with Crippen molar-refractivity contribution in [2.24, 2.45) is 16.8 Å². The molecule has 0 saturated carbocycles. The standard InChI is InChI=1S/C13H21N5O2/c1-7-6-18(5-4-10(7)19)13-11(12(14)17-20)8(2)9(3)15-16-13/h7,10,19-20H,4-6H2,1-3H3,(H2,14,17). The van der Waals surface area contributed by atoms with Crippen LogP contribution in [-0.4, -0.2) is 45.5 Å².